The summed E-state index contributed by atoms with van der Waals surface area (Å²) in [6.07, 6.45) is 0. The predicted molar refractivity (Wildman–Crippen MR) is 217 cm³/mol. The fraction of sp³-hybridized carbons (Fsp3) is 0.0612. The summed E-state index contributed by atoms with van der Waals surface area (Å²) in [7, 11) is 0. The summed E-state index contributed by atoms with van der Waals surface area (Å²) in [5, 5.41) is 8.43. The van der Waals surface area contributed by atoms with Crippen LogP contribution in [0, 0.1) is 0 Å². The Labute approximate surface area is 301 Å². The van der Waals surface area contributed by atoms with Crippen LogP contribution < -0.4 is 0 Å². The highest BCUT2D eigenvalue weighted by Crippen LogP contribution is 2.56. The lowest BCUT2D eigenvalue weighted by Gasteiger charge is -2.24. The minimum atomic E-state index is -0.241. The van der Waals surface area contributed by atoms with E-state index in [1.165, 1.54) is 71.2 Å². The first-order valence-corrected chi connectivity index (χ1v) is 18.0. The van der Waals surface area contributed by atoms with E-state index < -0.39 is 0 Å². The highest BCUT2D eigenvalue weighted by atomic mass is 15.2. The summed E-state index contributed by atoms with van der Waals surface area (Å²) in [6, 6.07) is 59.1. The molecule has 8 aromatic carbocycles. The van der Waals surface area contributed by atoms with Gasteiger partial charge in [-0.3, -0.25) is 4.57 Å². The molecule has 1 aliphatic rings. The Kier molecular flexibility index (Phi) is 6.01. The molecule has 0 radical (unpaired) electrons. The number of fused-ring (bicyclic) bond motifs is 12. The second-order valence-electron chi connectivity index (χ2n) is 14.6. The zero-order valence-electron chi connectivity index (χ0n) is 28.9. The van der Waals surface area contributed by atoms with E-state index in [2.05, 4.69) is 182 Å². The second-order valence-corrected chi connectivity index (χ2v) is 14.6. The van der Waals surface area contributed by atoms with Crippen LogP contribution >= 0.6 is 0 Å². The van der Waals surface area contributed by atoms with Gasteiger partial charge in [0.25, 0.3) is 0 Å². The van der Waals surface area contributed by atoms with E-state index in [1.807, 2.05) is 0 Å². The van der Waals surface area contributed by atoms with Gasteiger partial charge in [0.1, 0.15) is 0 Å². The highest BCUT2D eigenvalue weighted by Gasteiger charge is 2.40. The topological polar surface area (TPSA) is 30.7 Å². The largest absolute Gasteiger partial charge is 0.278 e. The molecule has 0 aliphatic heterocycles. The molecule has 11 rings (SSSR count). The minimum absolute atomic E-state index is 0.241. The lowest BCUT2D eigenvalue weighted by molar-refractivity contribution is 0.664. The standard InChI is InChI=1S/C49H33N3/c1-49(2)40-21-11-8-18-37(40)43-35-16-6-7-17-36(35)44-39-20-10-13-23-42(39)52(47(44)45(43)49)48-50-41-22-12-9-19-38(41)46(51-48)33-27-25-31-24-26-32(28-34(31)29-33)30-14-4-3-5-15-30/h3-29H,1-2H3. The normalized spacial score (nSPS) is 13.3. The molecule has 244 valence electrons. The van der Waals surface area contributed by atoms with Crippen LogP contribution in [-0.4, -0.2) is 14.5 Å². The number of hydrogen-bond acceptors (Lipinski definition) is 2. The van der Waals surface area contributed by atoms with Crippen molar-refractivity contribution in [3.63, 3.8) is 0 Å². The molecule has 0 saturated heterocycles. The molecule has 0 fully saturated rings. The van der Waals surface area contributed by atoms with Crippen molar-refractivity contribution < 1.29 is 0 Å². The van der Waals surface area contributed by atoms with E-state index in [9.17, 15) is 0 Å². The first-order valence-electron chi connectivity index (χ1n) is 18.0. The Morgan fingerprint density at radius 2 is 1.15 bits per heavy atom. The molecule has 0 bridgehead atoms. The van der Waals surface area contributed by atoms with Crippen LogP contribution in [0.5, 0.6) is 0 Å². The SMILES string of the molecule is CC1(C)c2ccccc2-c2c1c1c(c3ccccc23)c2ccccc2n1-c1nc(-c2ccc3ccc(-c4ccccc4)cc3c2)c2ccccc2n1. The van der Waals surface area contributed by atoms with Gasteiger partial charge >= 0.3 is 0 Å². The predicted octanol–water partition coefficient (Wildman–Crippen LogP) is 12.7. The maximum atomic E-state index is 5.56. The Morgan fingerprint density at radius 3 is 2.00 bits per heavy atom. The smallest absolute Gasteiger partial charge is 0.235 e. The third kappa shape index (κ3) is 4.02. The maximum absolute atomic E-state index is 5.56. The monoisotopic (exact) mass is 663 g/mol. The van der Waals surface area contributed by atoms with E-state index in [0.717, 1.165) is 27.7 Å². The molecule has 52 heavy (non-hydrogen) atoms. The van der Waals surface area contributed by atoms with Crippen LogP contribution in [0.3, 0.4) is 0 Å². The molecule has 2 aromatic heterocycles. The molecule has 0 saturated carbocycles. The van der Waals surface area contributed by atoms with Gasteiger partial charge in [0.05, 0.1) is 22.2 Å². The molecule has 10 aromatic rings. The molecule has 0 N–H and O–H groups in total. The summed E-state index contributed by atoms with van der Waals surface area (Å²) >= 11 is 0. The van der Waals surface area contributed by atoms with Gasteiger partial charge < -0.3 is 0 Å². The highest BCUT2D eigenvalue weighted by molar-refractivity contribution is 6.27. The zero-order chi connectivity index (χ0) is 34.6. The summed E-state index contributed by atoms with van der Waals surface area (Å²) in [6.45, 7) is 4.75. The van der Waals surface area contributed by atoms with Crippen molar-refractivity contribution in [1.82, 2.24) is 14.5 Å². The van der Waals surface area contributed by atoms with Crippen LogP contribution in [0.15, 0.2) is 164 Å². The van der Waals surface area contributed by atoms with Gasteiger partial charge in [0.2, 0.25) is 5.95 Å². The number of benzene rings is 8. The number of hydrogen-bond donors (Lipinski definition) is 0. The Hall–Kier alpha value is -6.58. The first kappa shape index (κ1) is 29.2. The van der Waals surface area contributed by atoms with Crippen molar-refractivity contribution in [2.24, 2.45) is 0 Å². The Bertz CT molecular complexity index is 3100. The van der Waals surface area contributed by atoms with E-state index in [4.69, 9.17) is 9.97 Å². The second kappa shape index (κ2) is 10.7. The van der Waals surface area contributed by atoms with E-state index >= 15 is 0 Å². The average molecular weight is 664 g/mol. The third-order valence-corrected chi connectivity index (χ3v) is 11.3. The van der Waals surface area contributed by atoms with Gasteiger partial charge in [-0.15, -0.1) is 0 Å². The van der Waals surface area contributed by atoms with Crippen LogP contribution in [0.2, 0.25) is 0 Å². The zero-order valence-corrected chi connectivity index (χ0v) is 28.9. The summed E-state index contributed by atoms with van der Waals surface area (Å²) in [4.78, 5) is 10.9. The third-order valence-electron chi connectivity index (χ3n) is 11.3. The van der Waals surface area contributed by atoms with Crippen molar-refractivity contribution >= 4 is 54.3 Å². The molecule has 0 atom stereocenters. The van der Waals surface area contributed by atoms with Crippen molar-refractivity contribution in [2.45, 2.75) is 19.3 Å². The van der Waals surface area contributed by atoms with Crippen molar-refractivity contribution in [2.75, 3.05) is 0 Å². The van der Waals surface area contributed by atoms with Gasteiger partial charge in [-0.2, -0.15) is 0 Å². The number of para-hydroxylation sites is 2. The van der Waals surface area contributed by atoms with Gasteiger partial charge in [0, 0.05) is 27.1 Å². The van der Waals surface area contributed by atoms with Crippen LogP contribution in [0.4, 0.5) is 0 Å². The van der Waals surface area contributed by atoms with Gasteiger partial charge in [0.15, 0.2) is 0 Å². The Balaban J connectivity index is 1.24. The number of nitrogens with zero attached hydrogens (tertiary/aromatic N) is 3. The maximum Gasteiger partial charge on any atom is 0.235 e. The Morgan fingerprint density at radius 1 is 0.500 bits per heavy atom. The van der Waals surface area contributed by atoms with Crippen LogP contribution in [0.25, 0.3) is 93.7 Å². The summed E-state index contributed by atoms with van der Waals surface area (Å²) in [5.41, 5.74) is 12.7. The van der Waals surface area contributed by atoms with E-state index in [1.54, 1.807) is 0 Å². The quantitative estimate of drug-likeness (QED) is 0.188. The van der Waals surface area contributed by atoms with Crippen molar-refractivity contribution in [3.8, 4) is 39.5 Å². The summed E-state index contributed by atoms with van der Waals surface area (Å²) < 4.78 is 2.36. The molecule has 0 unspecified atom stereocenters. The summed E-state index contributed by atoms with van der Waals surface area (Å²) in [5.74, 6) is 0.683. The fourth-order valence-corrected chi connectivity index (χ4v) is 8.99. The van der Waals surface area contributed by atoms with Gasteiger partial charge in [-0.25, -0.2) is 9.97 Å². The molecule has 2 heterocycles. The van der Waals surface area contributed by atoms with Crippen molar-refractivity contribution in [1.29, 1.82) is 0 Å². The van der Waals surface area contributed by atoms with Crippen LogP contribution in [-0.2, 0) is 5.41 Å². The lowest BCUT2D eigenvalue weighted by atomic mass is 9.80. The van der Waals surface area contributed by atoms with E-state index in [0.29, 0.717) is 5.95 Å². The number of rotatable bonds is 3. The first-order chi connectivity index (χ1) is 25.6. The molecule has 0 spiro atoms. The minimum Gasteiger partial charge on any atom is -0.278 e. The molecular formula is C49H33N3. The lowest BCUT2D eigenvalue weighted by Crippen LogP contribution is -2.17. The molecular weight excluding hydrogens is 631 g/mol. The molecule has 3 nitrogen and oxygen atoms in total. The number of aromatic nitrogens is 3. The van der Waals surface area contributed by atoms with Crippen molar-refractivity contribution in [3.05, 3.63) is 175 Å². The van der Waals surface area contributed by atoms with E-state index in [-0.39, 0.29) is 5.41 Å². The molecule has 0 amide bonds. The fourth-order valence-electron chi connectivity index (χ4n) is 8.99. The van der Waals surface area contributed by atoms with Crippen LogP contribution in [0.1, 0.15) is 25.0 Å². The molecule has 3 heteroatoms. The average Bonchev–Trinajstić information content (AvgIpc) is 3.66. The van der Waals surface area contributed by atoms with Gasteiger partial charge in [-0.05, 0) is 79.2 Å². The molecule has 1 aliphatic carbocycles. The van der Waals surface area contributed by atoms with Gasteiger partial charge in [-0.1, -0.05) is 153 Å².